The van der Waals surface area contributed by atoms with Gasteiger partial charge in [0.2, 0.25) is 0 Å². The van der Waals surface area contributed by atoms with Gasteiger partial charge in [-0.25, -0.2) is 0 Å². The van der Waals surface area contributed by atoms with Crippen molar-refractivity contribution in [3.63, 3.8) is 0 Å². The number of nitrogens with one attached hydrogen (secondary N) is 1. The first kappa shape index (κ1) is 12.5. The molecule has 1 unspecified atom stereocenters. The van der Waals surface area contributed by atoms with Crippen molar-refractivity contribution in [1.82, 2.24) is 5.32 Å². The molecule has 2 nitrogen and oxygen atoms in total. The highest BCUT2D eigenvalue weighted by Gasteiger charge is 2.51. The van der Waals surface area contributed by atoms with Crippen molar-refractivity contribution in [1.29, 1.82) is 0 Å². The lowest BCUT2D eigenvalue weighted by Gasteiger charge is -2.50. The molecule has 0 bridgehead atoms. The molecule has 0 fully saturated rings. The Hall–Kier alpha value is -2.00. The van der Waals surface area contributed by atoms with Crippen LogP contribution in [0.25, 0.3) is 11.1 Å². The van der Waals surface area contributed by atoms with Crippen LogP contribution in [0.2, 0.25) is 19.1 Å². The van der Waals surface area contributed by atoms with E-state index < -0.39 is 8.07 Å². The second-order valence-electron chi connectivity index (χ2n) is 7.50. The SMILES string of the molecule is CC12NC=C3C[Si](C)(C)c4cccc(c4N31)-c1ccccc12. The van der Waals surface area contributed by atoms with E-state index in [1.54, 1.807) is 5.19 Å². The summed E-state index contributed by atoms with van der Waals surface area (Å²) in [6, 6.07) is 17.0. The van der Waals surface area contributed by atoms with Gasteiger partial charge in [0, 0.05) is 23.0 Å². The number of hydrogen-bond donors (Lipinski definition) is 1. The lowest BCUT2D eigenvalue weighted by Crippen LogP contribution is -2.57. The number of hydrogen-bond acceptors (Lipinski definition) is 2. The minimum absolute atomic E-state index is 0.139. The maximum atomic E-state index is 3.69. The molecular formula is C19H20N2Si. The molecule has 0 aliphatic carbocycles. The van der Waals surface area contributed by atoms with Crippen LogP contribution in [0.15, 0.2) is 54.4 Å². The molecule has 0 radical (unpaired) electrons. The zero-order valence-corrected chi connectivity index (χ0v) is 14.3. The number of fused-ring (bicyclic) bond motifs is 3. The van der Waals surface area contributed by atoms with Crippen molar-refractivity contribution < 1.29 is 0 Å². The predicted molar refractivity (Wildman–Crippen MR) is 94.9 cm³/mol. The fourth-order valence-electron chi connectivity index (χ4n) is 4.57. The summed E-state index contributed by atoms with van der Waals surface area (Å²) in [6.07, 6.45) is 2.26. The lowest BCUT2D eigenvalue weighted by atomic mass is 9.85. The Morgan fingerprint density at radius 1 is 1.05 bits per heavy atom. The normalized spacial score (nSPS) is 26.0. The second-order valence-corrected chi connectivity index (χ2v) is 12.2. The quantitative estimate of drug-likeness (QED) is 0.746. The van der Waals surface area contributed by atoms with Crippen LogP contribution in [0.5, 0.6) is 0 Å². The Labute approximate surface area is 132 Å². The highest BCUT2D eigenvalue weighted by atomic mass is 28.3. The zero-order chi connectivity index (χ0) is 15.1. The van der Waals surface area contributed by atoms with Crippen LogP contribution in [0, 0.1) is 0 Å². The largest absolute Gasteiger partial charge is 0.363 e. The van der Waals surface area contributed by atoms with Crippen LogP contribution in [-0.4, -0.2) is 8.07 Å². The van der Waals surface area contributed by atoms with Crippen molar-refractivity contribution in [3.8, 4) is 11.1 Å². The average Bonchev–Trinajstić information content (AvgIpc) is 2.85. The van der Waals surface area contributed by atoms with E-state index in [2.05, 4.69) is 78.9 Å². The molecule has 0 amide bonds. The second kappa shape index (κ2) is 3.66. The molecule has 5 rings (SSSR count). The molecule has 22 heavy (non-hydrogen) atoms. The molecule has 110 valence electrons. The van der Waals surface area contributed by atoms with Gasteiger partial charge in [-0.1, -0.05) is 55.6 Å². The molecular weight excluding hydrogens is 284 g/mol. The van der Waals surface area contributed by atoms with Gasteiger partial charge in [-0.05, 0) is 23.7 Å². The minimum Gasteiger partial charge on any atom is -0.363 e. The number of allylic oxidation sites excluding steroid dienone is 1. The summed E-state index contributed by atoms with van der Waals surface area (Å²) in [5.41, 5.74) is 6.95. The molecule has 3 heteroatoms. The predicted octanol–water partition coefficient (Wildman–Crippen LogP) is 3.72. The molecule has 3 aliphatic heterocycles. The number of anilines is 1. The smallest absolute Gasteiger partial charge is 0.138 e. The summed E-state index contributed by atoms with van der Waals surface area (Å²) >= 11 is 0. The third-order valence-electron chi connectivity index (χ3n) is 5.61. The van der Waals surface area contributed by atoms with Crippen molar-refractivity contribution in [3.05, 3.63) is 59.9 Å². The average molecular weight is 304 g/mol. The standard InChI is InChI=1S/C19H20N2Si/c1-19-16-9-5-4-7-14(16)15-8-6-10-17-18(15)21(19)13(11-20-19)12-22(17,2)3/h4-11,20H,12H2,1-3H3. The van der Waals surface area contributed by atoms with E-state index in [0.29, 0.717) is 0 Å². The van der Waals surface area contributed by atoms with Crippen LogP contribution in [0.4, 0.5) is 5.69 Å². The Balaban J connectivity index is 1.95. The van der Waals surface area contributed by atoms with Gasteiger partial charge >= 0.3 is 0 Å². The van der Waals surface area contributed by atoms with Gasteiger partial charge in [-0.15, -0.1) is 0 Å². The molecule has 2 aromatic rings. The minimum atomic E-state index is -1.43. The molecule has 0 spiro atoms. The van der Waals surface area contributed by atoms with Crippen molar-refractivity contribution in [2.45, 2.75) is 31.7 Å². The fourth-order valence-corrected chi connectivity index (χ4v) is 7.37. The van der Waals surface area contributed by atoms with E-state index in [4.69, 9.17) is 0 Å². The number of nitrogens with zero attached hydrogens (tertiary/aromatic N) is 1. The Bertz CT molecular complexity index is 852. The fraction of sp³-hybridized carbons (Fsp3) is 0.263. The Morgan fingerprint density at radius 3 is 2.68 bits per heavy atom. The van der Waals surface area contributed by atoms with Crippen LogP contribution < -0.4 is 15.4 Å². The van der Waals surface area contributed by atoms with Gasteiger partial charge < -0.3 is 10.2 Å². The van der Waals surface area contributed by atoms with Gasteiger partial charge in [0.05, 0.1) is 13.8 Å². The van der Waals surface area contributed by atoms with Crippen LogP contribution in [-0.2, 0) is 5.66 Å². The third kappa shape index (κ3) is 1.27. The van der Waals surface area contributed by atoms with E-state index in [-0.39, 0.29) is 5.66 Å². The van der Waals surface area contributed by atoms with Gasteiger partial charge in [0.25, 0.3) is 0 Å². The van der Waals surface area contributed by atoms with Crippen LogP contribution in [0.1, 0.15) is 12.5 Å². The molecule has 1 atom stereocenters. The molecule has 0 aromatic heterocycles. The first-order valence-electron chi connectivity index (χ1n) is 8.03. The van der Waals surface area contributed by atoms with Crippen molar-refractivity contribution in [2.75, 3.05) is 4.90 Å². The molecule has 2 aromatic carbocycles. The summed E-state index contributed by atoms with van der Waals surface area (Å²) in [5.74, 6) is 0. The van der Waals surface area contributed by atoms with Crippen LogP contribution in [0.3, 0.4) is 0 Å². The first-order valence-corrected chi connectivity index (χ1v) is 11.2. The monoisotopic (exact) mass is 304 g/mol. The van der Waals surface area contributed by atoms with Crippen molar-refractivity contribution in [2.24, 2.45) is 0 Å². The molecule has 1 N–H and O–H groups in total. The zero-order valence-electron chi connectivity index (χ0n) is 13.3. The Morgan fingerprint density at radius 2 is 1.82 bits per heavy atom. The summed E-state index contributed by atoms with van der Waals surface area (Å²) in [6.45, 7) is 7.31. The van der Waals surface area contributed by atoms with E-state index in [1.807, 2.05) is 0 Å². The molecule has 3 aliphatic rings. The molecule has 0 saturated carbocycles. The molecule has 0 saturated heterocycles. The highest BCUT2D eigenvalue weighted by molar-refractivity contribution is 6.92. The first-order chi connectivity index (χ1) is 10.5. The maximum Gasteiger partial charge on any atom is 0.138 e. The summed E-state index contributed by atoms with van der Waals surface area (Å²) in [5, 5.41) is 5.29. The number of rotatable bonds is 0. The van der Waals surface area contributed by atoms with E-state index in [9.17, 15) is 0 Å². The van der Waals surface area contributed by atoms with E-state index in [1.165, 1.54) is 34.1 Å². The third-order valence-corrected chi connectivity index (χ3v) is 8.72. The summed E-state index contributed by atoms with van der Waals surface area (Å²) in [7, 11) is -1.43. The van der Waals surface area contributed by atoms with Crippen LogP contribution >= 0.6 is 0 Å². The highest BCUT2D eigenvalue weighted by Crippen LogP contribution is 2.53. The van der Waals surface area contributed by atoms with Gasteiger partial charge in [-0.3, -0.25) is 0 Å². The number of benzene rings is 2. The Kier molecular flexibility index (Phi) is 2.09. The van der Waals surface area contributed by atoms with Gasteiger partial charge in [0.15, 0.2) is 0 Å². The number of para-hydroxylation sites is 1. The topological polar surface area (TPSA) is 15.3 Å². The van der Waals surface area contributed by atoms with E-state index in [0.717, 1.165) is 0 Å². The van der Waals surface area contributed by atoms with E-state index >= 15 is 0 Å². The summed E-state index contributed by atoms with van der Waals surface area (Å²) < 4.78 is 0. The van der Waals surface area contributed by atoms with Gasteiger partial charge in [0.1, 0.15) is 5.66 Å². The molecule has 3 heterocycles. The summed E-state index contributed by atoms with van der Waals surface area (Å²) in [4.78, 5) is 2.57. The van der Waals surface area contributed by atoms with Gasteiger partial charge in [-0.2, -0.15) is 0 Å². The lowest BCUT2D eigenvalue weighted by molar-refractivity contribution is 0.443. The van der Waals surface area contributed by atoms with Crippen molar-refractivity contribution >= 4 is 18.9 Å². The maximum absolute atomic E-state index is 3.69.